The molecule has 2 N–H and O–H groups in total. The quantitative estimate of drug-likeness (QED) is 0.796. The van der Waals surface area contributed by atoms with Gasteiger partial charge in [0, 0.05) is 7.11 Å². The van der Waals surface area contributed by atoms with Crippen LogP contribution in [0, 0.1) is 0 Å². The van der Waals surface area contributed by atoms with Crippen molar-refractivity contribution in [2.24, 2.45) is 5.73 Å². The minimum Gasteiger partial charge on any atom is -0.376 e. The van der Waals surface area contributed by atoms with Gasteiger partial charge in [-0.3, -0.25) is 0 Å². The van der Waals surface area contributed by atoms with Crippen molar-refractivity contribution in [2.75, 3.05) is 7.11 Å². The van der Waals surface area contributed by atoms with Crippen LogP contribution in [0.5, 0.6) is 0 Å². The summed E-state index contributed by atoms with van der Waals surface area (Å²) in [5.74, 6) is 0. The van der Waals surface area contributed by atoms with Crippen LogP contribution in [0.15, 0.2) is 24.3 Å². The fourth-order valence-corrected chi connectivity index (χ4v) is 2.64. The molecule has 2 nitrogen and oxygen atoms in total. The van der Waals surface area contributed by atoms with E-state index in [1.54, 1.807) is 7.11 Å². The molecule has 2 heteroatoms. The van der Waals surface area contributed by atoms with Gasteiger partial charge in [-0.05, 0) is 30.4 Å². The largest absolute Gasteiger partial charge is 0.376 e. The fourth-order valence-electron chi connectivity index (χ4n) is 2.64. The van der Waals surface area contributed by atoms with Crippen LogP contribution in [0.25, 0.3) is 0 Å². The Hall–Kier alpha value is -0.860. The minimum atomic E-state index is -0.245. The summed E-state index contributed by atoms with van der Waals surface area (Å²) in [7, 11) is 1.77. The Morgan fingerprint density at radius 2 is 1.89 bits per heavy atom. The number of hydrogen-bond donors (Lipinski definition) is 1. The first-order valence-corrected chi connectivity index (χ1v) is 7.03. The Bertz CT molecular complexity index is 350. The Labute approximate surface area is 112 Å². The second-order valence-corrected chi connectivity index (χ2v) is 4.95. The molecule has 0 spiro atoms. The van der Waals surface area contributed by atoms with Crippen molar-refractivity contribution >= 4 is 0 Å². The molecule has 1 aromatic carbocycles. The van der Waals surface area contributed by atoms with Crippen LogP contribution in [0.3, 0.4) is 0 Å². The molecule has 1 rings (SSSR count). The zero-order valence-electron chi connectivity index (χ0n) is 12.2. The zero-order chi connectivity index (χ0) is 13.6. The molecule has 1 unspecified atom stereocenters. The van der Waals surface area contributed by atoms with Crippen molar-refractivity contribution in [1.29, 1.82) is 0 Å². The van der Waals surface area contributed by atoms with E-state index in [0.717, 1.165) is 25.7 Å². The molecule has 0 radical (unpaired) electrons. The highest BCUT2D eigenvalue weighted by Crippen LogP contribution is 2.33. The van der Waals surface area contributed by atoms with Crippen molar-refractivity contribution < 1.29 is 4.74 Å². The van der Waals surface area contributed by atoms with Gasteiger partial charge >= 0.3 is 0 Å². The molecule has 0 fully saturated rings. The number of ether oxygens (including phenoxy) is 1. The Morgan fingerprint density at radius 3 is 2.39 bits per heavy atom. The van der Waals surface area contributed by atoms with Crippen LogP contribution < -0.4 is 5.73 Å². The fraction of sp³-hybridized carbons (Fsp3) is 0.625. The van der Waals surface area contributed by atoms with Crippen LogP contribution in [0.2, 0.25) is 0 Å². The number of hydrogen-bond acceptors (Lipinski definition) is 2. The maximum absolute atomic E-state index is 6.45. The lowest BCUT2D eigenvalue weighted by atomic mass is 9.84. The van der Waals surface area contributed by atoms with E-state index in [-0.39, 0.29) is 11.6 Å². The topological polar surface area (TPSA) is 35.2 Å². The Kier molecular flexibility index (Phi) is 5.83. The van der Waals surface area contributed by atoms with Gasteiger partial charge in [-0.15, -0.1) is 0 Å². The first-order valence-electron chi connectivity index (χ1n) is 7.03. The van der Waals surface area contributed by atoms with Gasteiger partial charge in [0.25, 0.3) is 0 Å². The Balaban J connectivity index is 3.01. The molecule has 0 saturated carbocycles. The number of nitrogens with two attached hydrogens (primary N) is 1. The smallest absolute Gasteiger partial charge is 0.0865 e. The van der Waals surface area contributed by atoms with Crippen molar-refractivity contribution in [3.05, 3.63) is 35.4 Å². The second kappa shape index (κ2) is 6.91. The zero-order valence-corrected chi connectivity index (χ0v) is 12.2. The van der Waals surface area contributed by atoms with E-state index in [1.807, 2.05) is 0 Å². The average Bonchev–Trinajstić information content (AvgIpc) is 2.42. The predicted molar refractivity (Wildman–Crippen MR) is 77.7 cm³/mol. The van der Waals surface area contributed by atoms with E-state index in [2.05, 4.69) is 45.0 Å². The highest BCUT2D eigenvalue weighted by molar-refractivity contribution is 5.28. The third kappa shape index (κ3) is 3.12. The SMILES string of the molecule is CCCc1cccc(C(N)C(CC)(CC)OC)c1. The molecule has 0 heterocycles. The number of rotatable bonds is 7. The summed E-state index contributed by atoms with van der Waals surface area (Å²) >= 11 is 0. The summed E-state index contributed by atoms with van der Waals surface area (Å²) in [5.41, 5.74) is 8.75. The molecule has 0 aliphatic carbocycles. The summed E-state index contributed by atoms with van der Waals surface area (Å²) in [4.78, 5) is 0. The molecular weight excluding hydrogens is 222 g/mol. The third-order valence-electron chi connectivity index (χ3n) is 4.02. The van der Waals surface area contributed by atoms with Crippen LogP contribution in [-0.4, -0.2) is 12.7 Å². The standard InChI is InChI=1S/C16H27NO/c1-5-9-13-10-8-11-14(12-13)15(17)16(6-2,7-3)18-4/h8,10-12,15H,5-7,9,17H2,1-4H3. The van der Waals surface area contributed by atoms with Crippen LogP contribution in [0.4, 0.5) is 0 Å². The minimum absolute atomic E-state index is 0.0608. The summed E-state index contributed by atoms with van der Waals surface area (Å²) in [6.45, 7) is 6.48. The average molecular weight is 249 g/mol. The molecule has 0 amide bonds. The van der Waals surface area contributed by atoms with Gasteiger partial charge in [-0.1, -0.05) is 51.5 Å². The Morgan fingerprint density at radius 1 is 1.22 bits per heavy atom. The molecular formula is C16H27NO. The van der Waals surface area contributed by atoms with E-state index in [4.69, 9.17) is 10.5 Å². The van der Waals surface area contributed by atoms with Crippen molar-refractivity contribution in [1.82, 2.24) is 0 Å². The molecule has 18 heavy (non-hydrogen) atoms. The van der Waals surface area contributed by atoms with E-state index in [9.17, 15) is 0 Å². The highest BCUT2D eigenvalue weighted by Gasteiger charge is 2.34. The second-order valence-electron chi connectivity index (χ2n) is 4.95. The lowest BCUT2D eigenvalue weighted by Gasteiger charge is -2.36. The summed E-state index contributed by atoms with van der Waals surface area (Å²) in [6.07, 6.45) is 4.13. The molecule has 0 saturated heterocycles. The molecule has 1 aromatic rings. The first kappa shape index (κ1) is 15.2. The van der Waals surface area contributed by atoms with Gasteiger partial charge in [0.05, 0.1) is 11.6 Å². The summed E-state index contributed by atoms with van der Waals surface area (Å²) < 4.78 is 5.73. The first-order chi connectivity index (χ1) is 8.63. The summed E-state index contributed by atoms with van der Waals surface area (Å²) in [5, 5.41) is 0. The van der Waals surface area contributed by atoms with Crippen molar-refractivity contribution in [3.63, 3.8) is 0 Å². The van der Waals surface area contributed by atoms with Gasteiger partial charge in [0.2, 0.25) is 0 Å². The van der Waals surface area contributed by atoms with E-state index < -0.39 is 0 Å². The normalized spacial score (nSPS) is 13.6. The lowest BCUT2D eigenvalue weighted by molar-refractivity contribution is -0.0385. The molecule has 0 aliphatic rings. The van der Waals surface area contributed by atoms with Gasteiger partial charge in [0.15, 0.2) is 0 Å². The molecule has 1 atom stereocenters. The highest BCUT2D eigenvalue weighted by atomic mass is 16.5. The summed E-state index contributed by atoms with van der Waals surface area (Å²) in [6, 6.07) is 8.56. The third-order valence-corrected chi connectivity index (χ3v) is 4.02. The van der Waals surface area contributed by atoms with Crippen LogP contribution >= 0.6 is 0 Å². The van der Waals surface area contributed by atoms with Gasteiger partial charge in [-0.25, -0.2) is 0 Å². The van der Waals surface area contributed by atoms with Gasteiger partial charge in [0.1, 0.15) is 0 Å². The van der Waals surface area contributed by atoms with Crippen LogP contribution in [0.1, 0.15) is 57.2 Å². The molecule has 0 bridgehead atoms. The van der Waals surface area contributed by atoms with Gasteiger partial charge in [-0.2, -0.15) is 0 Å². The molecule has 0 aliphatic heterocycles. The van der Waals surface area contributed by atoms with E-state index in [1.165, 1.54) is 11.1 Å². The maximum Gasteiger partial charge on any atom is 0.0865 e. The monoisotopic (exact) mass is 249 g/mol. The van der Waals surface area contributed by atoms with E-state index in [0.29, 0.717) is 0 Å². The maximum atomic E-state index is 6.45. The number of benzene rings is 1. The van der Waals surface area contributed by atoms with Gasteiger partial charge < -0.3 is 10.5 Å². The van der Waals surface area contributed by atoms with Crippen LogP contribution in [-0.2, 0) is 11.2 Å². The molecule has 102 valence electrons. The van der Waals surface area contributed by atoms with E-state index >= 15 is 0 Å². The van der Waals surface area contributed by atoms with Crippen molar-refractivity contribution in [3.8, 4) is 0 Å². The number of aryl methyl sites for hydroxylation is 1. The number of methoxy groups -OCH3 is 1. The molecule has 0 aromatic heterocycles. The predicted octanol–water partition coefficient (Wildman–Crippen LogP) is 3.84. The lowest BCUT2D eigenvalue weighted by Crippen LogP contribution is -2.42. The van der Waals surface area contributed by atoms with Crippen molar-refractivity contribution in [2.45, 2.75) is 58.1 Å².